The molecule has 2 atom stereocenters. The molecule has 0 unspecified atom stereocenters. The zero-order chi connectivity index (χ0) is 16.6. The lowest BCUT2D eigenvalue weighted by Gasteiger charge is -2.33. The highest BCUT2D eigenvalue weighted by Crippen LogP contribution is 2.19. The molecule has 1 aromatic carbocycles. The number of nitrogens with one attached hydrogen (secondary N) is 3. The number of para-hydroxylation sites is 1. The van der Waals surface area contributed by atoms with E-state index >= 15 is 0 Å². The van der Waals surface area contributed by atoms with Gasteiger partial charge >= 0.3 is 6.03 Å². The molecule has 2 amide bonds. The maximum Gasteiger partial charge on any atom is 0.319 e. The van der Waals surface area contributed by atoms with Gasteiger partial charge in [-0.1, -0.05) is 37.1 Å². The zero-order valence-electron chi connectivity index (χ0n) is 13.7. The van der Waals surface area contributed by atoms with Crippen LogP contribution in [0, 0.1) is 0 Å². The van der Waals surface area contributed by atoms with Crippen molar-refractivity contribution < 1.29 is 4.79 Å². The van der Waals surface area contributed by atoms with Crippen LogP contribution < -0.4 is 16.0 Å². The lowest BCUT2D eigenvalue weighted by molar-refractivity contribution is 0.234. The number of urea groups is 1. The summed E-state index contributed by atoms with van der Waals surface area (Å²) in [6.07, 6.45) is 6.22. The lowest BCUT2D eigenvalue weighted by Crippen LogP contribution is -2.52. The van der Waals surface area contributed by atoms with Crippen molar-refractivity contribution in [3.63, 3.8) is 0 Å². The number of aromatic nitrogens is 1. The molecule has 126 valence electrons. The SMILES string of the molecule is O=C(Nc1ccccc1)N[C@@H]1CCCC[C@H]1NCc1ccccn1. The first kappa shape index (κ1) is 16.5. The highest BCUT2D eigenvalue weighted by atomic mass is 16.2. The zero-order valence-corrected chi connectivity index (χ0v) is 13.7. The number of benzene rings is 1. The molecule has 0 radical (unpaired) electrons. The van der Waals surface area contributed by atoms with E-state index in [1.54, 1.807) is 6.20 Å². The molecule has 0 spiro atoms. The molecular formula is C19H24N4O. The maximum atomic E-state index is 12.2. The van der Waals surface area contributed by atoms with Crippen molar-refractivity contribution in [2.75, 3.05) is 5.32 Å². The smallest absolute Gasteiger partial charge is 0.319 e. The average molecular weight is 324 g/mol. The van der Waals surface area contributed by atoms with Gasteiger partial charge < -0.3 is 16.0 Å². The summed E-state index contributed by atoms with van der Waals surface area (Å²) in [4.78, 5) is 16.6. The minimum absolute atomic E-state index is 0.141. The molecule has 5 heteroatoms. The minimum Gasteiger partial charge on any atom is -0.334 e. The molecule has 1 aliphatic carbocycles. The molecular weight excluding hydrogens is 300 g/mol. The predicted octanol–water partition coefficient (Wildman–Crippen LogP) is 3.30. The molecule has 0 bridgehead atoms. The van der Waals surface area contributed by atoms with Crippen molar-refractivity contribution in [1.29, 1.82) is 0 Å². The standard InChI is InChI=1S/C19H24N4O/c24-19(22-15-8-2-1-3-9-15)23-18-12-5-4-11-17(18)21-14-16-10-6-7-13-20-16/h1-3,6-10,13,17-18,21H,4-5,11-12,14H2,(H2,22,23,24)/t17-,18-/m1/s1. The average Bonchev–Trinajstić information content (AvgIpc) is 2.63. The van der Waals surface area contributed by atoms with E-state index in [2.05, 4.69) is 20.9 Å². The number of pyridine rings is 1. The molecule has 24 heavy (non-hydrogen) atoms. The molecule has 1 aliphatic rings. The number of carbonyl (C=O) groups excluding carboxylic acids is 1. The number of carbonyl (C=O) groups is 1. The first-order valence-corrected chi connectivity index (χ1v) is 8.57. The molecule has 0 saturated heterocycles. The Morgan fingerprint density at radius 3 is 2.50 bits per heavy atom. The highest BCUT2D eigenvalue weighted by molar-refractivity contribution is 5.89. The molecule has 1 aromatic heterocycles. The van der Waals surface area contributed by atoms with E-state index in [9.17, 15) is 4.79 Å². The van der Waals surface area contributed by atoms with Crippen molar-refractivity contribution in [3.05, 3.63) is 60.4 Å². The Balaban J connectivity index is 1.53. The third kappa shape index (κ3) is 4.80. The molecule has 3 rings (SSSR count). The van der Waals surface area contributed by atoms with Gasteiger partial charge in [0, 0.05) is 30.5 Å². The van der Waals surface area contributed by atoms with E-state index in [-0.39, 0.29) is 18.1 Å². The molecule has 1 saturated carbocycles. The van der Waals surface area contributed by atoms with Gasteiger partial charge in [0.15, 0.2) is 0 Å². The highest BCUT2D eigenvalue weighted by Gasteiger charge is 2.26. The Morgan fingerprint density at radius 1 is 1.00 bits per heavy atom. The molecule has 3 N–H and O–H groups in total. The number of amides is 2. The lowest BCUT2D eigenvalue weighted by atomic mass is 9.90. The third-order valence-corrected chi connectivity index (χ3v) is 4.39. The normalized spacial score (nSPS) is 20.3. The van der Waals surface area contributed by atoms with Gasteiger partial charge in [0.05, 0.1) is 5.69 Å². The molecule has 1 fully saturated rings. The van der Waals surface area contributed by atoms with Crippen LogP contribution in [0.2, 0.25) is 0 Å². The van der Waals surface area contributed by atoms with Gasteiger partial charge in [-0.2, -0.15) is 0 Å². The summed E-state index contributed by atoms with van der Waals surface area (Å²) in [6.45, 7) is 0.726. The maximum absolute atomic E-state index is 12.2. The van der Waals surface area contributed by atoms with Crippen LogP contribution in [-0.4, -0.2) is 23.1 Å². The van der Waals surface area contributed by atoms with Crippen molar-refractivity contribution in [2.24, 2.45) is 0 Å². The Kier molecular flexibility index (Phi) is 5.80. The van der Waals surface area contributed by atoms with Crippen LogP contribution in [0.25, 0.3) is 0 Å². The van der Waals surface area contributed by atoms with E-state index in [0.717, 1.165) is 37.2 Å². The van der Waals surface area contributed by atoms with Gasteiger partial charge in [-0.05, 0) is 37.1 Å². The summed E-state index contributed by atoms with van der Waals surface area (Å²) >= 11 is 0. The van der Waals surface area contributed by atoms with Crippen molar-refractivity contribution in [3.8, 4) is 0 Å². The Morgan fingerprint density at radius 2 is 1.75 bits per heavy atom. The van der Waals surface area contributed by atoms with Crippen LogP contribution in [0.5, 0.6) is 0 Å². The van der Waals surface area contributed by atoms with Gasteiger partial charge in [-0.15, -0.1) is 0 Å². The molecule has 5 nitrogen and oxygen atoms in total. The Labute approximate surface area is 142 Å². The molecule has 2 aromatic rings. The van der Waals surface area contributed by atoms with Gasteiger partial charge in [-0.3, -0.25) is 4.98 Å². The second kappa shape index (κ2) is 8.45. The fourth-order valence-corrected chi connectivity index (χ4v) is 3.14. The van der Waals surface area contributed by atoms with Gasteiger partial charge in [0.25, 0.3) is 0 Å². The van der Waals surface area contributed by atoms with E-state index in [1.165, 1.54) is 6.42 Å². The summed E-state index contributed by atoms with van der Waals surface area (Å²) in [5.74, 6) is 0. The Bertz CT molecular complexity index is 632. The van der Waals surface area contributed by atoms with Gasteiger partial charge in [0.1, 0.15) is 0 Å². The monoisotopic (exact) mass is 324 g/mol. The van der Waals surface area contributed by atoms with Gasteiger partial charge in [0.2, 0.25) is 0 Å². The van der Waals surface area contributed by atoms with E-state index in [0.29, 0.717) is 0 Å². The number of hydrogen-bond acceptors (Lipinski definition) is 3. The van der Waals surface area contributed by atoms with Crippen LogP contribution in [-0.2, 0) is 6.54 Å². The van der Waals surface area contributed by atoms with Crippen LogP contribution in [0.1, 0.15) is 31.4 Å². The summed E-state index contributed by atoms with van der Waals surface area (Å²) in [5.41, 5.74) is 1.83. The van der Waals surface area contributed by atoms with Crippen LogP contribution in [0.4, 0.5) is 10.5 Å². The number of hydrogen-bond donors (Lipinski definition) is 3. The van der Waals surface area contributed by atoms with E-state index < -0.39 is 0 Å². The molecule has 1 heterocycles. The third-order valence-electron chi connectivity index (χ3n) is 4.39. The van der Waals surface area contributed by atoms with Gasteiger partial charge in [-0.25, -0.2) is 4.79 Å². The summed E-state index contributed by atoms with van der Waals surface area (Å²) < 4.78 is 0. The fourth-order valence-electron chi connectivity index (χ4n) is 3.14. The first-order chi connectivity index (χ1) is 11.8. The van der Waals surface area contributed by atoms with Crippen LogP contribution in [0.3, 0.4) is 0 Å². The number of anilines is 1. The Hall–Kier alpha value is -2.40. The van der Waals surface area contributed by atoms with E-state index in [4.69, 9.17) is 0 Å². The summed E-state index contributed by atoms with van der Waals surface area (Å²) in [7, 11) is 0. The summed E-state index contributed by atoms with van der Waals surface area (Å²) in [6, 6.07) is 15.7. The second-order valence-electron chi connectivity index (χ2n) is 6.16. The predicted molar refractivity (Wildman–Crippen MR) is 95.7 cm³/mol. The number of nitrogens with zero attached hydrogens (tertiary/aromatic N) is 1. The topological polar surface area (TPSA) is 66.1 Å². The van der Waals surface area contributed by atoms with Crippen LogP contribution >= 0.6 is 0 Å². The quantitative estimate of drug-likeness (QED) is 0.790. The fraction of sp³-hybridized carbons (Fsp3) is 0.368. The first-order valence-electron chi connectivity index (χ1n) is 8.57. The second-order valence-corrected chi connectivity index (χ2v) is 6.16. The minimum atomic E-state index is -0.141. The summed E-state index contributed by atoms with van der Waals surface area (Å²) in [5, 5.41) is 9.57. The largest absolute Gasteiger partial charge is 0.334 e. The van der Waals surface area contributed by atoms with Crippen LogP contribution in [0.15, 0.2) is 54.7 Å². The van der Waals surface area contributed by atoms with Crippen molar-refractivity contribution in [2.45, 2.75) is 44.3 Å². The van der Waals surface area contributed by atoms with E-state index in [1.807, 2.05) is 48.5 Å². The van der Waals surface area contributed by atoms with Crippen molar-refractivity contribution in [1.82, 2.24) is 15.6 Å². The molecule has 0 aliphatic heterocycles. The van der Waals surface area contributed by atoms with Crippen molar-refractivity contribution >= 4 is 11.7 Å². The number of rotatable bonds is 5.